The van der Waals surface area contributed by atoms with E-state index in [1.165, 1.54) is 6.07 Å². The molecule has 1 aromatic heterocycles. The quantitative estimate of drug-likeness (QED) is 0.816. The van der Waals surface area contributed by atoms with E-state index in [9.17, 15) is 4.39 Å². The van der Waals surface area contributed by atoms with E-state index < -0.39 is 0 Å². The van der Waals surface area contributed by atoms with E-state index in [1.54, 1.807) is 24.5 Å². The molecule has 0 unspecified atom stereocenters. The predicted molar refractivity (Wildman–Crippen MR) is 51.7 cm³/mol. The van der Waals surface area contributed by atoms with Crippen LogP contribution in [0.5, 0.6) is 0 Å². The van der Waals surface area contributed by atoms with Gasteiger partial charge < -0.3 is 4.98 Å². The molecule has 0 spiro atoms. The van der Waals surface area contributed by atoms with Gasteiger partial charge in [0.2, 0.25) is 0 Å². The zero-order valence-corrected chi connectivity index (χ0v) is 8.18. The number of imidazole rings is 1. The summed E-state index contributed by atoms with van der Waals surface area (Å²) in [6, 6.07) is 4.87. The van der Waals surface area contributed by atoms with Crippen molar-refractivity contribution in [2.45, 2.75) is 0 Å². The van der Waals surface area contributed by atoms with E-state index in [4.69, 9.17) is 0 Å². The molecule has 0 amide bonds. The largest absolute Gasteiger partial charge is 0.345 e. The molecule has 1 aromatic carbocycles. The van der Waals surface area contributed by atoms with E-state index in [1.807, 2.05) is 0 Å². The minimum Gasteiger partial charge on any atom is -0.345 e. The highest BCUT2D eigenvalue weighted by molar-refractivity contribution is 9.10. The first-order valence-electron chi connectivity index (χ1n) is 3.72. The summed E-state index contributed by atoms with van der Waals surface area (Å²) in [7, 11) is 0. The number of halogens is 2. The van der Waals surface area contributed by atoms with Gasteiger partial charge in [0.25, 0.3) is 0 Å². The van der Waals surface area contributed by atoms with Crippen molar-refractivity contribution < 1.29 is 4.39 Å². The Labute approximate surface area is 83.0 Å². The van der Waals surface area contributed by atoms with Crippen LogP contribution < -0.4 is 0 Å². The SMILES string of the molecule is Fc1cc(Br)ccc1-c1ncc[nH]1. The average molecular weight is 241 g/mol. The fourth-order valence-electron chi connectivity index (χ4n) is 1.09. The van der Waals surface area contributed by atoms with Crippen LogP contribution in [0.1, 0.15) is 0 Å². The highest BCUT2D eigenvalue weighted by Crippen LogP contribution is 2.22. The number of H-pyrrole nitrogens is 1. The van der Waals surface area contributed by atoms with E-state index in [0.29, 0.717) is 11.4 Å². The first kappa shape index (κ1) is 8.44. The number of rotatable bonds is 1. The maximum atomic E-state index is 13.3. The van der Waals surface area contributed by atoms with E-state index in [-0.39, 0.29) is 5.82 Å². The van der Waals surface area contributed by atoms with E-state index in [0.717, 1.165) is 4.47 Å². The molecule has 4 heteroatoms. The lowest BCUT2D eigenvalue weighted by Crippen LogP contribution is -1.85. The molecule has 0 bridgehead atoms. The van der Waals surface area contributed by atoms with Crippen LogP contribution in [0.25, 0.3) is 11.4 Å². The van der Waals surface area contributed by atoms with Gasteiger partial charge in [-0.1, -0.05) is 15.9 Å². The Kier molecular flexibility index (Phi) is 2.14. The molecule has 0 aliphatic carbocycles. The van der Waals surface area contributed by atoms with E-state index in [2.05, 4.69) is 25.9 Å². The van der Waals surface area contributed by atoms with Gasteiger partial charge in [-0.2, -0.15) is 0 Å². The van der Waals surface area contributed by atoms with Crippen molar-refractivity contribution in [1.29, 1.82) is 0 Å². The Balaban J connectivity index is 2.53. The van der Waals surface area contributed by atoms with Crippen LogP contribution in [0.15, 0.2) is 35.1 Å². The normalized spacial score (nSPS) is 10.3. The zero-order valence-electron chi connectivity index (χ0n) is 6.59. The maximum absolute atomic E-state index is 13.3. The Morgan fingerprint density at radius 2 is 2.23 bits per heavy atom. The summed E-state index contributed by atoms with van der Waals surface area (Å²) in [4.78, 5) is 6.81. The van der Waals surface area contributed by atoms with Gasteiger partial charge in [-0.25, -0.2) is 9.37 Å². The van der Waals surface area contributed by atoms with Gasteiger partial charge in [0, 0.05) is 16.9 Å². The van der Waals surface area contributed by atoms with Crippen molar-refractivity contribution in [3.63, 3.8) is 0 Å². The van der Waals surface area contributed by atoms with Gasteiger partial charge in [-0.05, 0) is 18.2 Å². The van der Waals surface area contributed by atoms with Crippen LogP contribution in [-0.4, -0.2) is 9.97 Å². The molecule has 0 atom stereocenters. The summed E-state index contributed by atoms with van der Waals surface area (Å²) < 4.78 is 14.0. The van der Waals surface area contributed by atoms with Crippen LogP contribution in [0, 0.1) is 5.82 Å². The summed E-state index contributed by atoms with van der Waals surface area (Å²) in [6.07, 6.45) is 3.26. The van der Waals surface area contributed by atoms with Crippen LogP contribution in [0.3, 0.4) is 0 Å². The van der Waals surface area contributed by atoms with Gasteiger partial charge in [0.15, 0.2) is 0 Å². The molecule has 0 saturated heterocycles. The van der Waals surface area contributed by atoms with Gasteiger partial charge in [-0.3, -0.25) is 0 Å². The molecule has 1 heterocycles. The molecule has 2 aromatic rings. The topological polar surface area (TPSA) is 28.7 Å². The summed E-state index contributed by atoms with van der Waals surface area (Å²) in [5.41, 5.74) is 0.480. The summed E-state index contributed by atoms with van der Waals surface area (Å²) >= 11 is 3.19. The number of hydrogen-bond acceptors (Lipinski definition) is 1. The van der Waals surface area contributed by atoms with Crippen molar-refractivity contribution in [2.75, 3.05) is 0 Å². The van der Waals surface area contributed by atoms with Crippen molar-refractivity contribution in [2.24, 2.45) is 0 Å². The average Bonchev–Trinajstić information content (AvgIpc) is 2.56. The third-order valence-corrected chi connectivity index (χ3v) is 2.18. The predicted octanol–water partition coefficient (Wildman–Crippen LogP) is 2.98. The minimum atomic E-state index is -0.288. The van der Waals surface area contributed by atoms with Crippen molar-refractivity contribution in [3.8, 4) is 11.4 Å². The summed E-state index contributed by atoms with van der Waals surface area (Å²) in [6.45, 7) is 0. The molecule has 13 heavy (non-hydrogen) atoms. The molecule has 2 nitrogen and oxygen atoms in total. The maximum Gasteiger partial charge on any atom is 0.140 e. The second kappa shape index (κ2) is 3.30. The lowest BCUT2D eigenvalue weighted by Gasteiger charge is -1.99. The molecule has 0 saturated carbocycles. The van der Waals surface area contributed by atoms with Crippen molar-refractivity contribution >= 4 is 15.9 Å². The monoisotopic (exact) mass is 240 g/mol. The number of hydrogen-bond donors (Lipinski definition) is 1. The fourth-order valence-corrected chi connectivity index (χ4v) is 1.43. The van der Waals surface area contributed by atoms with E-state index >= 15 is 0 Å². The molecular formula is C9H6BrFN2. The lowest BCUT2D eigenvalue weighted by molar-refractivity contribution is 0.629. The van der Waals surface area contributed by atoms with Gasteiger partial charge >= 0.3 is 0 Å². The minimum absolute atomic E-state index is 0.288. The highest BCUT2D eigenvalue weighted by atomic mass is 79.9. The number of nitrogens with zero attached hydrogens (tertiary/aromatic N) is 1. The second-order valence-corrected chi connectivity index (χ2v) is 3.48. The Hall–Kier alpha value is -1.16. The third-order valence-electron chi connectivity index (χ3n) is 1.68. The molecular weight excluding hydrogens is 235 g/mol. The van der Waals surface area contributed by atoms with Crippen LogP contribution in [-0.2, 0) is 0 Å². The highest BCUT2D eigenvalue weighted by Gasteiger charge is 2.06. The number of benzene rings is 1. The van der Waals surface area contributed by atoms with Gasteiger partial charge in [0.1, 0.15) is 11.6 Å². The zero-order chi connectivity index (χ0) is 9.26. The standard InChI is InChI=1S/C9H6BrFN2/c10-6-1-2-7(8(11)5-6)9-12-3-4-13-9/h1-5H,(H,12,13). The first-order valence-corrected chi connectivity index (χ1v) is 4.51. The first-order chi connectivity index (χ1) is 6.27. The third kappa shape index (κ3) is 1.62. The van der Waals surface area contributed by atoms with Crippen LogP contribution >= 0.6 is 15.9 Å². The van der Waals surface area contributed by atoms with Crippen molar-refractivity contribution in [1.82, 2.24) is 9.97 Å². The summed E-state index contributed by atoms with van der Waals surface area (Å²) in [5, 5.41) is 0. The van der Waals surface area contributed by atoms with Gasteiger partial charge in [-0.15, -0.1) is 0 Å². The number of nitrogens with one attached hydrogen (secondary N) is 1. The van der Waals surface area contributed by atoms with Crippen molar-refractivity contribution in [3.05, 3.63) is 40.9 Å². The second-order valence-electron chi connectivity index (χ2n) is 2.56. The molecule has 1 N–H and O–H groups in total. The van der Waals surface area contributed by atoms with Crippen LogP contribution in [0.2, 0.25) is 0 Å². The summed E-state index contributed by atoms with van der Waals surface area (Å²) in [5.74, 6) is 0.259. The lowest BCUT2D eigenvalue weighted by atomic mass is 10.2. The fraction of sp³-hybridized carbons (Fsp3) is 0. The molecule has 66 valence electrons. The number of aromatic amines is 1. The Morgan fingerprint density at radius 3 is 2.85 bits per heavy atom. The molecule has 0 radical (unpaired) electrons. The Morgan fingerprint density at radius 1 is 1.38 bits per heavy atom. The molecule has 0 aliphatic heterocycles. The molecule has 2 rings (SSSR count). The number of aromatic nitrogens is 2. The smallest absolute Gasteiger partial charge is 0.140 e. The molecule has 0 aliphatic rings. The van der Waals surface area contributed by atoms with Gasteiger partial charge in [0.05, 0.1) is 5.56 Å². The molecule has 0 fully saturated rings. The van der Waals surface area contributed by atoms with Crippen LogP contribution in [0.4, 0.5) is 4.39 Å². The Bertz CT molecular complexity index is 412.